The second-order valence-corrected chi connectivity index (χ2v) is 2.23. The molecule has 69 valence electrons. The van der Waals surface area contributed by atoms with Crippen LogP contribution in [0.4, 0.5) is 0 Å². The van der Waals surface area contributed by atoms with Crippen LogP contribution in [0.15, 0.2) is 0 Å². The largest absolute Gasteiger partial charge is 0.338 e. The Balaban J connectivity index is 0. The summed E-state index contributed by atoms with van der Waals surface area (Å²) in [4.78, 5) is 24.6. The molecule has 5 nitrogen and oxygen atoms in total. The van der Waals surface area contributed by atoms with E-state index in [1.807, 2.05) is 5.32 Å². The summed E-state index contributed by atoms with van der Waals surface area (Å²) in [6.45, 7) is 6.57. The van der Waals surface area contributed by atoms with E-state index in [0.29, 0.717) is 0 Å². The molecule has 0 spiro atoms. The summed E-state index contributed by atoms with van der Waals surface area (Å²) in [7, 11) is 0. The molecule has 14 heavy (non-hydrogen) atoms. The number of hydrogen-bond donors (Lipinski definition) is 1. The van der Waals surface area contributed by atoms with Crippen molar-refractivity contribution in [1.82, 2.24) is 5.32 Å². The third kappa shape index (κ3) is 2.39. The quantitative estimate of drug-likeness (QED) is 0.289. The van der Waals surface area contributed by atoms with Crippen molar-refractivity contribution in [1.29, 1.82) is 5.26 Å². The van der Waals surface area contributed by atoms with E-state index in [0.717, 1.165) is 6.42 Å². The van der Waals surface area contributed by atoms with Crippen LogP contribution in [0.1, 0.15) is 0 Å². The Morgan fingerprint density at radius 1 is 1.50 bits per heavy atom. The minimum atomic E-state index is -1.01. The van der Waals surface area contributed by atoms with Gasteiger partial charge in [0.05, 0.1) is 0 Å². The summed E-state index contributed by atoms with van der Waals surface area (Å²) in [5.41, 5.74) is 0. The summed E-state index contributed by atoms with van der Waals surface area (Å²) in [5, 5.41) is 10.3. The van der Waals surface area contributed by atoms with Gasteiger partial charge in [-0.25, -0.2) is 18.3 Å². The number of nitrogens with zero attached hydrogens (tertiary/aromatic N) is 2. The molecule has 1 heterocycles. The molecule has 1 fully saturated rings. The monoisotopic (exact) mass is 616 g/mol. The van der Waals surface area contributed by atoms with Crippen molar-refractivity contribution in [3.8, 4) is 6.07 Å². The van der Waals surface area contributed by atoms with E-state index in [9.17, 15) is 9.59 Å². The summed E-state index contributed by atoms with van der Waals surface area (Å²) in [6.07, 6.45) is 1.15. The van der Waals surface area contributed by atoms with Gasteiger partial charge in [0.2, 0.25) is 5.91 Å². The van der Waals surface area contributed by atoms with Gasteiger partial charge < -0.3 is 4.85 Å². The van der Waals surface area contributed by atoms with Crippen molar-refractivity contribution in [3.63, 3.8) is 0 Å². The zero-order chi connectivity index (χ0) is 9.14. The number of carbonyl (C=O) groups excluding carboxylic acids is 2. The molecule has 1 aliphatic rings. The maximum Gasteiger partial charge on any atom is 0.277 e. The Morgan fingerprint density at radius 2 is 2.07 bits per heavy atom. The van der Waals surface area contributed by atoms with Crippen LogP contribution >= 0.6 is 0 Å². The van der Waals surface area contributed by atoms with Crippen molar-refractivity contribution < 1.29 is 30.0 Å². The van der Waals surface area contributed by atoms with Crippen molar-refractivity contribution in [3.05, 3.63) is 17.8 Å². The van der Waals surface area contributed by atoms with Crippen LogP contribution in [-0.4, -0.2) is 17.9 Å². The van der Waals surface area contributed by atoms with Gasteiger partial charge in [-0.1, -0.05) is 0 Å². The van der Waals surface area contributed by atoms with Crippen LogP contribution in [0.5, 0.6) is 0 Å². The molecule has 2 amide bonds. The van der Waals surface area contributed by atoms with Gasteiger partial charge in [0, 0.05) is 32.4 Å². The average Bonchev–Trinajstić information content (AvgIpc) is 2.05. The third-order valence-electron chi connectivity index (χ3n) is 1.45. The second kappa shape index (κ2) is 5.43. The fraction of sp³-hybridized carbons (Fsp3) is 0.286. The molecule has 2 unspecified atom stereocenters. The minimum Gasteiger partial charge on any atom is -0.338 e. The van der Waals surface area contributed by atoms with E-state index >= 15 is 0 Å². The third-order valence-corrected chi connectivity index (χ3v) is 1.45. The topological polar surface area (TPSA) is 74.3 Å². The van der Waals surface area contributed by atoms with Gasteiger partial charge in [-0.2, -0.15) is 0 Å². The second-order valence-electron chi connectivity index (χ2n) is 2.23. The molecule has 7 heteroatoms. The smallest absolute Gasteiger partial charge is 0.277 e. The molecular weight excluding hydrogens is 611 g/mol. The van der Waals surface area contributed by atoms with Gasteiger partial charge in [-0.05, 0) is 0 Å². The maximum atomic E-state index is 10.8. The first-order chi connectivity index (χ1) is 5.69. The summed E-state index contributed by atoms with van der Waals surface area (Å²) < 4.78 is 0. The number of carbonyl (C=O) groups is 2. The fourth-order valence-electron chi connectivity index (χ4n) is 0.834. The van der Waals surface area contributed by atoms with E-state index in [4.69, 9.17) is 11.8 Å². The van der Waals surface area contributed by atoms with Gasteiger partial charge in [0.1, 0.15) is 0 Å². The van der Waals surface area contributed by atoms with Crippen LogP contribution < -0.4 is 5.32 Å². The van der Waals surface area contributed by atoms with E-state index in [1.165, 1.54) is 0 Å². The van der Waals surface area contributed by atoms with Gasteiger partial charge >= 0.3 is 0 Å². The molecule has 2 atom stereocenters. The number of nitrogens with one attached hydrogen (secondary N) is 1. The van der Waals surface area contributed by atoms with Crippen LogP contribution in [0.25, 0.3) is 4.85 Å². The summed E-state index contributed by atoms with van der Waals surface area (Å²) in [5.74, 6) is -2.29. The SMILES string of the molecule is [C-]#[N+]C1[CH-]C(C#N)C(=O)NC1=O.[Re].[Rf]. The molecule has 1 saturated heterocycles. The van der Waals surface area contributed by atoms with Crippen molar-refractivity contribution >= 4 is 11.8 Å². The van der Waals surface area contributed by atoms with E-state index in [2.05, 4.69) is 4.85 Å². The molecule has 0 aromatic heterocycles. The van der Waals surface area contributed by atoms with Crippen molar-refractivity contribution in [2.75, 3.05) is 0 Å². The van der Waals surface area contributed by atoms with Gasteiger partial charge in [-0.15, -0.1) is 0 Å². The van der Waals surface area contributed by atoms with Crippen molar-refractivity contribution in [2.45, 2.75) is 6.04 Å². The first kappa shape index (κ1) is 14.3. The summed E-state index contributed by atoms with van der Waals surface area (Å²) in [6, 6.07) is 0.668. The number of nitriles is 1. The number of piperidine rings is 1. The van der Waals surface area contributed by atoms with E-state index < -0.39 is 23.8 Å². The Hall–Kier alpha value is -2.22. The first-order valence-electron chi connectivity index (χ1n) is 3.15. The standard InChI is InChI=1S/C7H4N3O2.Re.Rf/c1-9-5-2-4(3-8)6(11)10-7(5)12;;/h2,4-5H,(H,10,11,12);;/q-1;;. The zero-order valence-corrected chi connectivity index (χ0v) is 16.1. The predicted octanol–water partition coefficient (Wildman–Crippen LogP) is -0.728. The summed E-state index contributed by atoms with van der Waals surface area (Å²) >= 11 is 0. The Bertz CT molecular complexity index is 290. The van der Waals surface area contributed by atoms with Crippen LogP contribution in [0, 0.1) is 30.2 Å². The number of rotatable bonds is 0. The number of amides is 2. The van der Waals surface area contributed by atoms with Gasteiger partial charge in [0.25, 0.3) is 5.91 Å². The number of imide groups is 1. The first-order valence-corrected chi connectivity index (χ1v) is 3.15. The molecule has 1 rings (SSSR count). The molecule has 0 bridgehead atoms. The average molecular weight is 615 g/mol. The van der Waals surface area contributed by atoms with E-state index in [1.54, 1.807) is 6.07 Å². The Labute approximate surface area is 88.6 Å². The maximum absolute atomic E-state index is 10.8. The Kier molecular flexibility index (Phi) is 5.55. The fourth-order valence-corrected chi connectivity index (χ4v) is 0.834. The molecule has 1 aliphatic heterocycles. The molecule has 0 aromatic rings. The molecule has 0 aromatic carbocycles. The Morgan fingerprint density at radius 3 is 2.50 bits per heavy atom. The van der Waals surface area contributed by atoms with Crippen LogP contribution in [0.3, 0.4) is 0 Å². The number of hydrogen-bond acceptors (Lipinski definition) is 3. The predicted molar refractivity (Wildman–Crippen MR) is 36.9 cm³/mol. The zero-order valence-electron chi connectivity index (χ0n) is 7.03. The van der Waals surface area contributed by atoms with Crippen LogP contribution in [-0.2, 0) is 30.0 Å². The normalized spacial score (nSPS) is 24.4. The van der Waals surface area contributed by atoms with E-state index in [-0.39, 0.29) is 20.4 Å². The van der Waals surface area contributed by atoms with Gasteiger partial charge in [0.15, 0.2) is 6.04 Å². The van der Waals surface area contributed by atoms with Crippen LogP contribution in [0.2, 0.25) is 0 Å². The molecular formula is C7H4N3O2ReRf-. The molecule has 1 radical (unpaired) electrons. The van der Waals surface area contributed by atoms with Gasteiger partial charge in [-0.3, -0.25) is 14.9 Å². The minimum absolute atomic E-state index is 0. The molecule has 0 saturated carbocycles. The molecule has 0 aliphatic carbocycles. The molecule has 1 N–H and O–H groups in total. The van der Waals surface area contributed by atoms with Crippen molar-refractivity contribution in [2.24, 2.45) is 5.92 Å².